The second-order valence-corrected chi connectivity index (χ2v) is 7.53. The van der Waals surface area contributed by atoms with Crippen molar-refractivity contribution in [2.45, 2.75) is 51.1 Å². The van der Waals surface area contributed by atoms with Gasteiger partial charge in [0.1, 0.15) is 6.04 Å². The number of amides is 2. The largest absolute Gasteiger partial charge is 0.368 e. The van der Waals surface area contributed by atoms with Crippen molar-refractivity contribution in [2.75, 3.05) is 0 Å². The zero-order valence-electron chi connectivity index (χ0n) is 14.8. The number of nitrogens with zero attached hydrogens (tertiary/aromatic N) is 2. The van der Waals surface area contributed by atoms with Gasteiger partial charge in [-0.05, 0) is 45.2 Å². The Morgan fingerprint density at radius 3 is 2.40 bits per heavy atom. The van der Waals surface area contributed by atoms with E-state index in [1.165, 1.54) is 0 Å². The van der Waals surface area contributed by atoms with Gasteiger partial charge >= 0.3 is 0 Å². The summed E-state index contributed by atoms with van der Waals surface area (Å²) < 4.78 is 1.92. The summed E-state index contributed by atoms with van der Waals surface area (Å²) in [7, 11) is 0. The molecule has 1 aliphatic carbocycles. The van der Waals surface area contributed by atoms with Crippen molar-refractivity contribution in [1.82, 2.24) is 15.1 Å². The predicted octanol–water partition coefficient (Wildman–Crippen LogP) is 2.47. The third kappa shape index (κ3) is 3.73. The molecule has 0 radical (unpaired) electrons. The Balaban J connectivity index is 1.86. The molecule has 6 heteroatoms. The average Bonchev–Trinajstić information content (AvgIpc) is 3.29. The van der Waals surface area contributed by atoms with Crippen LogP contribution in [0.4, 0.5) is 0 Å². The SMILES string of the molecule is CC(C)(C)n1nc(C(=O)N[C@@H](C(N)=O)c2ccccc2)cc1C1CC1. The van der Waals surface area contributed by atoms with E-state index in [-0.39, 0.29) is 5.54 Å². The number of primary amides is 1. The molecule has 1 aliphatic rings. The number of nitrogens with one attached hydrogen (secondary N) is 1. The summed E-state index contributed by atoms with van der Waals surface area (Å²) in [5.74, 6) is -0.524. The Morgan fingerprint density at radius 1 is 1.24 bits per heavy atom. The summed E-state index contributed by atoms with van der Waals surface area (Å²) in [6.45, 7) is 6.18. The van der Waals surface area contributed by atoms with Crippen LogP contribution in [-0.4, -0.2) is 21.6 Å². The predicted molar refractivity (Wildman–Crippen MR) is 95.0 cm³/mol. The van der Waals surface area contributed by atoms with Crippen molar-refractivity contribution >= 4 is 11.8 Å². The molecule has 6 nitrogen and oxygen atoms in total. The smallest absolute Gasteiger partial charge is 0.272 e. The molecule has 3 N–H and O–H groups in total. The van der Waals surface area contributed by atoms with Crippen LogP contribution >= 0.6 is 0 Å². The van der Waals surface area contributed by atoms with Crippen molar-refractivity contribution in [1.29, 1.82) is 0 Å². The zero-order valence-corrected chi connectivity index (χ0v) is 14.8. The van der Waals surface area contributed by atoms with Crippen LogP contribution in [0, 0.1) is 0 Å². The minimum atomic E-state index is -0.877. The van der Waals surface area contributed by atoms with Crippen molar-refractivity contribution in [3.05, 3.63) is 53.3 Å². The lowest BCUT2D eigenvalue weighted by Crippen LogP contribution is -2.37. The van der Waals surface area contributed by atoms with Crippen LogP contribution in [0.3, 0.4) is 0 Å². The molecule has 0 spiro atoms. The van der Waals surface area contributed by atoms with E-state index in [9.17, 15) is 9.59 Å². The Morgan fingerprint density at radius 2 is 1.88 bits per heavy atom. The van der Waals surface area contributed by atoms with E-state index in [0.29, 0.717) is 17.2 Å². The molecule has 3 rings (SSSR count). The second kappa shape index (κ2) is 6.35. The summed E-state index contributed by atoms with van der Waals surface area (Å²) in [6.07, 6.45) is 2.24. The van der Waals surface area contributed by atoms with Crippen molar-refractivity contribution in [2.24, 2.45) is 5.73 Å². The minimum Gasteiger partial charge on any atom is -0.368 e. The molecule has 1 atom stereocenters. The molecule has 2 aromatic rings. The fraction of sp³-hybridized carbons (Fsp3) is 0.421. The first-order valence-corrected chi connectivity index (χ1v) is 8.53. The van der Waals surface area contributed by atoms with Crippen LogP contribution in [0.15, 0.2) is 36.4 Å². The number of hydrogen-bond donors (Lipinski definition) is 2. The first-order valence-electron chi connectivity index (χ1n) is 8.53. The van der Waals surface area contributed by atoms with Gasteiger partial charge in [0, 0.05) is 11.6 Å². The van der Waals surface area contributed by atoms with Crippen LogP contribution in [0.1, 0.15) is 67.3 Å². The van der Waals surface area contributed by atoms with Crippen molar-refractivity contribution in [3.63, 3.8) is 0 Å². The van der Waals surface area contributed by atoms with E-state index in [2.05, 4.69) is 31.2 Å². The van der Waals surface area contributed by atoms with Crippen LogP contribution < -0.4 is 11.1 Å². The first kappa shape index (κ1) is 17.2. The highest BCUT2D eigenvalue weighted by Gasteiger charge is 2.33. The molecule has 1 aromatic carbocycles. The summed E-state index contributed by atoms with van der Waals surface area (Å²) in [5.41, 5.74) is 7.32. The Kier molecular flexibility index (Phi) is 4.37. The molecular weight excluding hydrogens is 316 g/mol. The Hall–Kier alpha value is -2.63. The molecule has 0 unspecified atom stereocenters. The molecule has 0 bridgehead atoms. The third-order valence-corrected chi connectivity index (χ3v) is 4.29. The number of nitrogens with two attached hydrogens (primary N) is 1. The standard InChI is InChI=1S/C19H24N4O2/c1-19(2,3)23-15(12-9-10-12)11-14(22-23)18(25)21-16(17(20)24)13-7-5-4-6-8-13/h4-8,11-12,16H,9-10H2,1-3H3,(H2,20,24)(H,21,25)/t16-/m1/s1. The number of aromatic nitrogens is 2. The van der Waals surface area contributed by atoms with Crippen LogP contribution in [0.25, 0.3) is 0 Å². The van der Waals surface area contributed by atoms with E-state index < -0.39 is 17.9 Å². The number of carbonyl (C=O) groups is 2. The van der Waals surface area contributed by atoms with Gasteiger partial charge in [0.05, 0.1) is 5.54 Å². The Labute approximate surface area is 147 Å². The van der Waals surface area contributed by atoms with Gasteiger partial charge in [0.15, 0.2) is 5.69 Å². The van der Waals surface area contributed by atoms with E-state index in [1.807, 2.05) is 16.8 Å². The topological polar surface area (TPSA) is 90.0 Å². The fourth-order valence-corrected chi connectivity index (χ4v) is 2.88. The lowest BCUT2D eigenvalue weighted by atomic mass is 10.1. The van der Waals surface area contributed by atoms with E-state index in [0.717, 1.165) is 18.5 Å². The fourth-order valence-electron chi connectivity index (χ4n) is 2.88. The quantitative estimate of drug-likeness (QED) is 0.876. The highest BCUT2D eigenvalue weighted by atomic mass is 16.2. The lowest BCUT2D eigenvalue weighted by Gasteiger charge is -2.22. The number of hydrogen-bond acceptors (Lipinski definition) is 3. The molecule has 0 aliphatic heterocycles. The highest BCUT2D eigenvalue weighted by molar-refractivity contribution is 5.96. The monoisotopic (exact) mass is 340 g/mol. The van der Waals surface area contributed by atoms with Crippen molar-refractivity contribution in [3.8, 4) is 0 Å². The van der Waals surface area contributed by atoms with Crippen molar-refractivity contribution < 1.29 is 9.59 Å². The molecule has 1 saturated carbocycles. The zero-order chi connectivity index (χ0) is 18.2. The number of carbonyl (C=O) groups excluding carboxylic acids is 2. The van der Waals surface area contributed by atoms with Crippen LogP contribution in [0.2, 0.25) is 0 Å². The molecule has 1 aromatic heterocycles. The van der Waals surface area contributed by atoms with Gasteiger partial charge in [0.2, 0.25) is 5.91 Å². The van der Waals surface area contributed by atoms with Gasteiger partial charge in [0.25, 0.3) is 5.91 Å². The molecule has 0 saturated heterocycles. The van der Waals surface area contributed by atoms with Crippen LogP contribution in [-0.2, 0) is 10.3 Å². The van der Waals surface area contributed by atoms with E-state index in [1.54, 1.807) is 24.3 Å². The van der Waals surface area contributed by atoms with Gasteiger partial charge < -0.3 is 11.1 Å². The molecule has 132 valence electrons. The summed E-state index contributed by atoms with van der Waals surface area (Å²) in [5, 5.41) is 7.21. The number of benzene rings is 1. The highest BCUT2D eigenvalue weighted by Crippen LogP contribution is 2.41. The summed E-state index contributed by atoms with van der Waals surface area (Å²) >= 11 is 0. The lowest BCUT2D eigenvalue weighted by molar-refractivity contribution is -0.120. The summed E-state index contributed by atoms with van der Waals surface area (Å²) in [4.78, 5) is 24.5. The normalized spacial score (nSPS) is 15.6. The average molecular weight is 340 g/mol. The maximum absolute atomic E-state index is 12.7. The van der Waals surface area contributed by atoms with E-state index in [4.69, 9.17) is 5.73 Å². The molecule has 1 heterocycles. The second-order valence-electron chi connectivity index (χ2n) is 7.53. The summed E-state index contributed by atoms with van der Waals surface area (Å²) in [6, 6.07) is 9.93. The minimum absolute atomic E-state index is 0.209. The molecule has 1 fully saturated rings. The van der Waals surface area contributed by atoms with Crippen LogP contribution in [0.5, 0.6) is 0 Å². The molecular formula is C19H24N4O2. The van der Waals surface area contributed by atoms with Gasteiger partial charge in [-0.1, -0.05) is 30.3 Å². The third-order valence-electron chi connectivity index (χ3n) is 4.29. The first-order chi connectivity index (χ1) is 11.8. The van der Waals surface area contributed by atoms with Gasteiger partial charge in [-0.25, -0.2) is 0 Å². The molecule has 25 heavy (non-hydrogen) atoms. The molecule has 2 amide bonds. The maximum atomic E-state index is 12.7. The van der Waals surface area contributed by atoms with E-state index >= 15 is 0 Å². The van der Waals surface area contributed by atoms with Gasteiger partial charge in [-0.15, -0.1) is 0 Å². The Bertz CT molecular complexity index is 786. The maximum Gasteiger partial charge on any atom is 0.272 e. The number of rotatable bonds is 5. The van der Waals surface area contributed by atoms with Gasteiger partial charge in [-0.3, -0.25) is 14.3 Å². The van der Waals surface area contributed by atoms with Gasteiger partial charge in [-0.2, -0.15) is 5.10 Å².